The van der Waals surface area contributed by atoms with Gasteiger partial charge in [0.1, 0.15) is 17.2 Å². The molecule has 1 N–H and O–H groups in total. The summed E-state index contributed by atoms with van der Waals surface area (Å²) >= 11 is 0. The van der Waals surface area contributed by atoms with Crippen molar-refractivity contribution in [2.45, 2.75) is 25.0 Å². The molecule has 5 heteroatoms. The maximum Gasteiger partial charge on any atom is 0.250 e. The Morgan fingerprint density at radius 2 is 2.24 bits per heavy atom. The van der Waals surface area contributed by atoms with Crippen molar-refractivity contribution in [3.63, 3.8) is 0 Å². The molecule has 0 saturated carbocycles. The average molecular weight is 286 g/mol. The molecule has 0 spiro atoms. The van der Waals surface area contributed by atoms with Crippen molar-refractivity contribution in [2.75, 3.05) is 7.11 Å². The highest BCUT2D eigenvalue weighted by Crippen LogP contribution is 2.53. The van der Waals surface area contributed by atoms with Crippen LogP contribution in [-0.4, -0.2) is 24.3 Å². The lowest BCUT2D eigenvalue weighted by atomic mass is 9.93. The number of hydrogen-bond acceptors (Lipinski definition) is 5. The third-order valence-electron chi connectivity index (χ3n) is 4.15. The highest BCUT2D eigenvalue weighted by molar-refractivity contribution is 6.03. The van der Waals surface area contributed by atoms with Gasteiger partial charge in [0.25, 0.3) is 6.29 Å². The van der Waals surface area contributed by atoms with Crippen molar-refractivity contribution < 1.29 is 24.1 Å². The largest absolute Gasteiger partial charge is 0.507 e. The van der Waals surface area contributed by atoms with Crippen LogP contribution >= 0.6 is 0 Å². The van der Waals surface area contributed by atoms with Gasteiger partial charge in [-0.3, -0.25) is 4.79 Å². The second-order valence-corrected chi connectivity index (χ2v) is 5.33. The number of methoxy groups -OCH3 is 1. The number of aromatic hydroxyl groups is 1. The molecule has 0 amide bonds. The van der Waals surface area contributed by atoms with E-state index in [4.69, 9.17) is 14.2 Å². The summed E-state index contributed by atoms with van der Waals surface area (Å²) < 4.78 is 16.4. The molecule has 0 fully saturated rings. The molecular formula is C16H14O5. The van der Waals surface area contributed by atoms with Gasteiger partial charge >= 0.3 is 0 Å². The van der Waals surface area contributed by atoms with Gasteiger partial charge in [-0.15, -0.1) is 0 Å². The highest BCUT2D eigenvalue weighted by Gasteiger charge is 2.41. The lowest BCUT2D eigenvalue weighted by Gasteiger charge is -2.15. The number of phenolic OH excluding ortho intramolecular Hbond substituents is 1. The van der Waals surface area contributed by atoms with E-state index in [-0.39, 0.29) is 17.5 Å². The van der Waals surface area contributed by atoms with Crippen LogP contribution in [0.4, 0.5) is 0 Å². The van der Waals surface area contributed by atoms with Gasteiger partial charge in [0.05, 0.1) is 30.4 Å². The summed E-state index contributed by atoms with van der Waals surface area (Å²) in [6.45, 7) is 0. The highest BCUT2D eigenvalue weighted by atomic mass is 16.7. The number of rotatable bonds is 2. The fraction of sp³-hybridized carbons (Fsp3) is 0.312. The van der Waals surface area contributed by atoms with Crippen LogP contribution in [0.2, 0.25) is 0 Å². The third kappa shape index (κ3) is 1.67. The third-order valence-corrected chi connectivity index (χ3v) is 4.15. The van der Waals surface area contributed by atoms with Crippen LogP contribution in [0.15, 0.2) is 24.5 Å². The number of carbonyl (C=O) groups excluding carboxylic acids is 1. The Morgan fingerprint density at radius 1 is 1.38 bits per heavy atom. The van der Waals surface area contributed by atoms with Crippen molar-refractivity contribution >= 4 is 11.4 Å². The summed E-state index contributed by atoms with van der Waals surface area (Å²) in [5.41, 5.74) is 2.10. The molecule has 0 saturated heterocycles. The molecule has 2 heterocycles. The van der Waals surface area contributed by atoms with Crippen LogP contribution in [0.5, 0.6) is 17.2 Å². The zero-order valence-electron chi connectivity index (χ0n) is 11.5. The minimum Gasteiger partial charge on any atom is -0.507 e. The number of fused-ring (bicyclic) bond motifs is 3. The molecule has 21 heavy (non-hydrogen) atoms. The van der Waals surface area contributed by atoms with Gasteiger partial charge in [0, 0.05) is 12.5 Å². The fourth-order valence-corrected chi connectivity index (χ4v) is 3.16. The van der Waals surface area contributed by atoms with Gasteiger partial charge in [0.15, 0.2) is 5.78 Å². The van der Waals surface area contributed by atoms with Crippen LogP contribution < -0.4 is 9.47 Å². The molecular weight excluding hydrogens is 272 g/mol. The van der Waals surface area contributed by atoms with Crippen LogP contribution in [0.3, 0.4) is 0 Å². The molecule has 0 radical (unpaired) electrons. The molecule has 2 atom stereocenters. The molecule has 1 aliphatic carbocycles. The Bertz CT molecular complexity index is 701. The summed E-state index contributed by atoms with van der Waals surface area (Å²) in [5.74, 6) is 1.15. The van der Waals surface area contributed by atoms with Gasteiger partial charge in [-0.1, -0.05) is 0 Å². The SMILES string of the molecule is COc1cc2c(c(O)c1C1=CC(=O)CC1)[C@@H]1C=CO[C@@H]1O2. The van der Waals surface area contributed by atoms with E-state index in [1.54, 1.807) is 18.4 Å². The quantitative estimate of drug-likeness (QED) is 0.905. The van der Waals surface area contributed by atoms with E-state index in [0.717, 1.165) is 5.57 Å². The monoisotopic (exact) mass is 286 g/mol. The van der Waals surface area contributed by atoms with Crippen molar-refractivity contribution in [1.29, 1.82) is 0 Å². The zero-order chi connectivity index (χ0) is 14.6. The number of benzene rings is 1. The van der Waals surface area contributed by atoms with Gasteiger partial charge in [0.2, 0.25) is 0 Å². The van der Waals surface area contributed by atoms with Crippen LogP contribution in [0.25, 0.3) is 5.57 Å². The van der Waals surface area contributed by atoms with E-state index < -0.39 is 6.29 Å². The Morgan fingerprint density at radius 3 is 2.95 bits per heavy atom. The van der Waals surface area contributed by atoms with E-state index in [1.165, 1.54) is 7.11 Å². The molecule has 1 aromatic carbocycles. The Labute approximate surface area is 121 Å². The van der Waals surface area contributed by atoms with Gasteiger partial charge in [-0.2, -0.15) is 0 Å². The maximum atomic E-state index is 11.5. The van der Waals surface area contributed by atoms with E-state index in [2.05, 4.69) is 0 Å². The van der Waals surface area contributed by atoms with E-state index in [0.29, 0.717) is 35.5 Å². The second-order valence-electron chi connectivity index (χ2n) is 5.33. The predicted octanol–water partition coefficient (Wildman–Crippen LogP) is 2.49. The summed E-state index contributed by atoms with van der Waals surface area (Å²) in [4.78, 5) is 11.5. The topological polar surface area (TPSA) is 65.0 Å². The fourth-order valence-electron chi connectivity index (χ4n) is 3.16. The minimum absolute atomic E-state index is 0.0742. The van der Waals surface area contributed by atoms with Gasteiger partial charge in [-0.05, 0) is 24.1 Å². The number of hydrogen-bond donors (Lipinski definition) is 1. The zero-order valence-corrected chi connectivity index (χ0v) is 11.5. The first-order valence-electron chi connectivity index (χ1n) is 6.85. The second kappa shape index (κ2) is 4.28. The normalized spacial score (nSPS) is 25.2. The Balaban J connectivity index is 1.91. The first kappa shape index (κ1) is 12.3. The summed E-state index contributed by atoms with van der Waals surface area (Å²) in [5, 5.41) is 10.7. The molecule has 4 rings (SSSR count). The molecule has 2 aliphatic heterocycles. The van der Waals surface area contributed by atoms with E-state index >= 15 is 0 Å². The number of ketones is 1. The molecule has 0 aromatic heterocycles. The summed E-state index contributed by atoms with van der Waals surface area (Å²) in [6, 6.07) is 1.75. The molecule has 108 valence electrons. The Hall–Kier alpha value is -2.43. The van der Waals surface area contributed by atoms with Crippen LogP contribution in [0.1, 0.15) is 29.9 Å². The summed E-state index contributed by atoms with van der Waals surface area (Å²) in [7, 11) is 1.54. The average Bonchev–Trinajstić information content (AvgIpc) is 3.13. The van der Waals surface area contributed by atoms with Crippen molar-refractivity contribution in [3.05, 3.63) is 35.6 Å². The standard InChI is InChI=1S/C16H14O5/c1-19-11-7-12-14(10-4-5-20-16(10)21-12)15(18)13(11)8-2-3-9(17)6-8/h4-7,10,16,18H,2-3H2,1H3/t10-,16+/m0/s1. The van der Waals surface area contributed by atoms with E-state index in [9.17, 15) is 9.90 Å². The number of allylic oxidation sites excluding steroid dienone is 2. The van der Waals surface area contributed by atoms with Gasteiger partial charge < -0.3 is 19.3 Å². The van der Waals surface area contributed by atoms with E-state index in [1.807, 2.05) is 6.08 Å². The number of phenols is 1. The smallest absolute Gasteiger partial charge is 0.250 e. The van der Waals surface area contributed by atoms with Crippen LogP contribution in [-0.2, 0) is 9.53 Å². The maximum absolute atomic E-state index is 11.5. The molecule has 0 bridgehead atoms. The summed E-state index contributed by atoms with van der Waals surface area (Å²) in [6.07, 6.45) is 5.69. The first-order valence-corrected chi connectivity index (χ1v) is 6.85. The van der Waals surface area contributed by atoms with Gasteiger partial charge in [-0.25, -0.2) is 0 Å². The lowest BCUT2D eigenvalue weighted by molar-refractivity contribution is -0.114. The molecule has 1 aromatic rings. The lowest BCUT2D eigenvalue weighted by Crippen LogP contribution is -2.14. The van der Waals surface area contributed by atoms with Crippen molar-refractivity contribution in [2.24, 2.45) is 0 Å². The van der Waals surface area contributed by atoms with Crippen molar-refractivity contribution in [1.82, 2.24) is 0 Å². The Kier molecular flexibility index (Phi) is 2.51. The molecule has 0 unspecified atom stereocenters. The number of carbonyl (C=O) groups is 1. The molecule has 5 nitrogen and oxygen atoms in total. The minimum atomic E-state index is -0.426. The number of ether oxygens (including phenoxy) is 3. The predicted molar refractivity (Wildman–Crippen MR) is 74.3 cm³/mol. The van der Waals surface area contributed by atoms with Crippen molar-refractivity contribution in [3.8, 4) is 17.2 Å². The first-order chi connectivity index (χ1) is 10.2. The van der Waals surface area contributed by atoms with Crippen LogP contribution in [0, 0.1) is 0 Å². The molecule has 3 aliphatic rings.